The zero-order valence-corrected chi connectivity index (χ0v) is 21.9. The summed E-state index contributed by atoms with van der Waals surface area (Å²) in [5.74, 6) is 0.482. The smallest absolute Gasteiger partial charge is 0.255 e. The fourth-order valence-corrected chi connectivity index (χ4v) is 3.98. The van der Waals surface area contributed by atoms with E-state index in [0.29, 0.717) is 37.5 Å². The first-order valence-corrected chi connectivity index (χ1v) is 13.4. The highest BCUT2D eigenvalue weighted by Crippen LogP contribution is 2.20. The molecule has 1 amide bonds. The standard InChI is InChI=1S/C24H43N3O6S/c1-17(2)19(14-21(25)22(28)16-27-34(30,31)18(3)4)15-26-24(29)20-10-6-7-11-23(20)33-13-9-8-12-32-5/h6-7,10-11,17-19,21-22,27-28H,8-9,12-16,25H2,1-5H3,(H,26,29). The molecule has 3 atom stereocenters. The van der Waals surface area contributed by atoms with Crippen molar-refractivity contribution in [1.29, 1.82) is 0 Å². The highest BCUT2D eigenvalue weighted by Gasteiger charge is 2.25. The molecule has 0 heterocycles. The van der Waals surface area contributed by atoms with Gasteiger partial charge in [0.05, 0.1) is 23.5 Å². The molecule has 1 aromatic carbocycles. The SMILES string of the molecule is COCCCCOc1ccccc1C(=O)NCC(CC(N)C(O)CNS(=O)(=O)C(C)C)C(C)C. The number of rotatable bonds is 17. The third kappa shape index (κ3) is 10.7. The Morgan fingerprint density at radius 2 is 1.74 bits per heavy atom. The molecule has 1 rings (SSSR count). The van der Waals surface area contributed by atoms with Gasteiger partial charge in [0.25, 0.3) is 5.91 Å². The monoisotopic (exact) mass is 501 g/mol. The van der Waals surface area contributed by atoms with E-state index in [-0.39, 0.29) is 24.3 Å². The number of carbonyl (C=O) groups is 1. The molecular formula is C24H43N3O6S. The van der Waals surface area contributed by atoms with Gasteiger partial charge in [-0.1, -0.05) is 26.0 Å². The number of hydrogen-bond acceptors (Lipinski definition) is 7. The molecule has 3 unspecified atom stereocenters. The third-order valence-corrected chi connectivity index (χ3v) is 7.59. The van der Waals surface area contributed by atoms with Crippen molar-refractivity contribution in [1.82, 2.24) is 10.0 Å². The van der Waals surface area contributed by atoms with Crippen molar-refractivity contribution in [3.8, 4) is 5.75 Å². The van der Waals surface area contributed by atoms with E-state index in [1.807, 2.05) is 19.9 Å². The van der Waals surface area contributed by atoms with Crippen molar-refractivity contribution < 1.29 is 27.8 Å². The second-order valence-corrected chi connectivity index (χ2v) is 11.5. The van der Waals surface area contributed by atoms with Crippen LogP contribution < -0.4 is 20.5 Å². The molecule has 1 aromatic rings. The highest BCUT2D eigenvalue weighted by atomic mass is 32.2. The van der Waals surface area contributed by atoms with Crippen LogP contribution in [-0.4, -0.2) is 70.2 Å². The molecule has 196 valence electrons. The lowest BCUT2D eigenvalue weighted by molar-refractivity contribution is 0.0928. The Balaban J connectivity index is 2.65. The maximum atomic E-state index is 12.9. The van der Waals surface area contributed by atoms with Crippen molar-refractivity contribution in [3.63, 3.8) is 0 Å². The number of ether oxygens (including phenoxy) is 2. The van der Waals surface area contributed by atoms with Gasteiger partial charge in [-0.05, 0) is 57.1 Å². The molecule has 0 aliphatic rings. The summed E-state index contributed by atoms with van der Waals surface area (Å²) in [6, 6.07) is 6.47. The van der Waals surface area contributed by atoms with Crippen LogP contribution in [-0.2, 0) is 14.8 Å². The van der Waals surface area contributed by atoms with Crippen LogP contribution in [0.5, 0.6) is 5.75 Å². The lowest BCUT2D eigenvalue weighted by Gasteiger charge is -2.27. The van der Waals surface area contributed by atoms with E-state index in [2.05, 4.69) is 10.0 Å². The fraction of sp³-hybridized carbons (Fsp3) is 0.708. The predicted octanol–water partition coefficient (Wildman–Crippen LogP) is 1.90. The van der Waals surface area contributed by atoms with Gasteiger partial charge in [0.1, 0.15) is 5.75 Å². The summed E-state index contributed by atoms with van der Waals surface area (Å²) in [6.45, 7) is 8.57. The average Bonchev–Trinajstić information content (AvgIpc) is 2.79. The summed E-state index contributed by atoms with van der Waals surface area (Å²) in [5.41, 5.74) is 6.63. The number of aliphatic hydroxyl groups is 1. The molecule has 0 bridgehead atoms. The Hall–Kier alpha value is -1.72. The Morgan fingerprint density at radius 1 is 1.09 bits per heavy atom. The zero-order chi connectivity index (χ0) is 25.7. The number of para-hydroxylation sites is 1. The minimum Gasteiger partial charge on any atom is -0.493 e. The van der Waals surface area contributed by atoms with Gasteiger partial charge in [-0.2, -0.15) is 0 Å². The lowest BCUT2D eigenvalue weighted by Crippen LogP contribution is -2.46. The van der Waals surface area contributed by atoms with Crippen LogP contribution >= 0.6 is 0 Å². The van der Waals surface area contributed by atoms with Gasteiger partial charge < -0.3 is 25.6 Å². The number of benzene rings is 1. The largest absolute Gasteiger partial charge is 0.493 e. The molecule has 0 aliphatic carbocycles. The first-order chi connectivity index (χ1) is 16.0. The summed E-state index contributed by atoms with van der Waals surface area (Å²) in [6.07, 6.45) is 1.11. The van der Waals surface area contributed by atoms with Crippen molar-refractivity contribution >= 4 is 15.9 Å². The minimum atomic E-state index is -3.48. The van der Waals surface area contributed by atoms with Gasteiger partial charge in [0, 0.05) is 32.8 Å². The van der Waals surface area contributed by atoms with Gasteiger partial charge in [0.2, 0.25) is 10.0 Å². The van der Waals surface area contributed by atoms with E-state index in [1.54, 1.807) is 39.2 Å². The summed E-state index contributed by atoms with van der Waals surface area (Å²) in [5, 5.41) is 12.7. The van der Waals surface area contributed by atoms with Crippen LogP contribution in [0.3, 0.4) is 0 Å². The van der Waals surface area contributed by atoms with Crippen molar-refractivity contribution in [2.45, 2.75) is 64.4 Å². The quantitative estimate of drug-likeness (QED) is 0.239. The maximum absolute atomic E-state index is 12.9. The molecule has 0 aromatic heterocycles. The zero-order valence-electron chi connectivity index (χ0n) is 21.1. The highest BCUT2D eigenvalue weighted by molar-refractivity contribution is 7.90. The van der Waals surface area contributed by atoms with Gasteiger partial charge in [-0.3, -0.25) is 4.79 Å². The number of hydrogen-bond donors (Lipinski definition) is 4. The van der Waals surface area contributed by atoms with Crippen molar-refractivity contribution in [2.24, 2.45) is 17.6 Å². The number of nitrogens with two attached hydrogens (primary N) is 1. The molecule has 0 fully saturated rings. The first-order valence-electron chi connectivity index (χ1n) is 11.9. The van der Waals surface area contributed by atoms with Crippen LogP contribution in [0.25, 0.3) is 0 Å². The fourth-order valence-electron chi connectivity index (χ4n) is 3.25. The molecule has 0 radical (unpaired) electrons. The molecule has 0 saturated heterocycles. The number of methoxy groups -OCH3 is 1. The van der Waals surface area contributed by atoms with E-state index in [0.717, 1.165) is 12.8 Å². The van der Waals surface area contributed by atoms with E-state index in [4.69, 9.17) is 15.2 Å². The number of carbonyl (C=O) groups excluding carboxylic acids is 1. The summed E-state index contributed by atoms with van der Waals surface area (Å²) in [4.78, 5) is 12.9. The predicted molar refractivity (Wildman–Crippen MR) is 134 cm³/mol. The summed E-state index contributed by atoms with van der Waals surface area (Å²) < 4.78 is 37.1. The molecule has 5 N–H and O–H groups in total. The summed E-state index contributed by atoms with van der Waals surface area (Å²) >= 11 is 0. The lowest BCUT2D eigenvalue weighted by atomic mass is 9.87. The number of amides is 1. The second kappa shape index (κ2) is 15.3. The number of nitrogens with one attached hydrogen (secondary N) is 2. The van der Waals surface area contributed by atoms with E-state index in [1.165, 1.54) is 0 Å². The van der Waals surface area contributed by atoms with Gasteiger partial charge in [-0.15, -0.1) is 0 Å². The normalized spacial score (nSPS) is 14.7. The van der Waals surface area contributed by atoms with Gasteiger partial charge in [0.15, 0.2) is 0 Å². The number of unbranched alkanes of at least 4 members (excludes halogenated alkanes) is 1. The van der Waals surface area contributed by atoms with Gasteiger partial charge in [-0.25, -0.2) is 13.1 Å². The summed E-state index contributed by atoms with van der Waals surface area (Å²) in [7, 11) is -1.82. The maximum Gasteiger partial charge on any atom is 0.255 e. The molecule has 9 nitrogen and oxygen atoms in total. The van der Waals surface area contributed by atoms with Crippen LogP contribution in [0.1, 0.15) is 57.3 Å². The molecular weight excluding hydrogens is 458 g/mol. The van der Waals surface area contributed by atoms with E-state index in [9.17, 15) is 18.3 Å². The van der Waals surface area contributed by atoms with Crippen molar-refractivity contribution in [3.05, 3.63) is 29.8 Å². The molecule has 0 aliphatic heterocycles. The Kier molecular flexibility index (Phi) is 13.6. The number of sulfonamides is 1. The average molecular weight is 502 g/mol. The minimum absolute atomic E-state index is 0.00238. The van der Waals surface area contributed by atoms with Crippen LogP contribution in [0.2, 0.25) is 0 Å². The molecule has 0 spiro atoms. The topological polar surface area (TPSA) is 140 Å². The van der Waals surface area contributed by atoms with Crippen LogP contribution in [0, 0.1) is 11.8 Å². The Bertz CT molecular complexity index is 832. The van der Waals surface area contributed by atoms with E-state index < -0.39 is 27.4 Å². The molecule has 10 heteroatoms. The van der Waals surface area contributed by atoms with Crippen molar-refractivity contribution in [2.75, 3.05) is 33.4 Å². The first kappa shape index (κ1) is 30.3. The van der Waals surface area contributed by atoms with Gasteiger partial charge >= 0.3 is 0 Å². The molecule has 0 saturated carbocycles. The third-order valence-electron chi connectivity index (χ3n) is 5.78. The van der Waals surface area contributed by atoms with E-state index >= 15 is 0 Å². The molecule has 34 heavy (non-hydrogen) atoms. The van der Waals surface area contributed by atoms with Crippen LogP contribution in [0.4, 0.5) is 0 Å². The Morgan fingerprint density at radius 3 is 2.35 bits per heavy atom. The second-order valence-electron chi connectivity index (χ2n) is 9.17. The number of aliphatic hydroxyl groups excluding tert-OH is 1. The van der Waals surface area contributed by atoms with Crippen LogP contribution in [0.15, 0.2) is 24.3 Å². The Labute approximate surface area is 204 Å².